The Hall–Kier alpha value is -3.81. The number of carbonyl (C=O) groups excluding carboxylic acids is 1. The first-order valence-corrected chi connectivity index (χ1v) is 14.4. The van der Waals surface area contributed by atoms with Crippen LogP contribution in [0.15, 0.2) is 95.9 Å². The van der Waals surface area contributed by atoms with Gasteiger partial charge in [0.15, 0.2) is 0 Å². The van der Waals surface area contributed by atoms with E-state index in [0.29, 0.717) is 29.4 Å². The van der Waals surface area contributed by atoms with Gasteiger partial charge in [-0.15, -0.1) is 0 Å². The molecule has 0 aromatic heterocycles. The second-order valence-corrected chi connectivity index (χ2v) is 11.6. The molecule has 0 saturated carbocycles. The molecular formula is C31H31ClN2O4S. The summed E-state index contributed by atoms with van der Waals surface area (Å²) < 4.78 is 34.4. The summed E-state index contributed by atoms with van der Waals surface area (Å²) in [6, 6.07) is 26.2. The predicted molar refractivity (Wildman–Crippen MR) is 156 cm³/mol. The SMILES string of the molecule is Cc1ccc(OCCNC(=O)c2ccc(CN(c3cc(Cl)ccc3C)S(=O)(=O)c3ccccc3)cc2)cc1C. The molecule has 0 bridgehead atoms. The van der Waals surface area contributed by atoms with Gasteiger partial charge in [0.2, 0.25) is 0 Å². The average Bonchev–Trinajstić information content (AvgIpc) is 2.93. The molecule has 0 saturated heterocycles. The molecule has 0 heterocycles. The van der Waals surface area contributed by atoms with Gasteiger partial charge in [-0.25, -0.2) is 8.42 Å². The van der Waals surface area contributed by atoms with Gasteiger partial charge in [-0.3, -0.25) is 9.10 Å². The second kappa shape index (κ2) is 12.4. The number of ether oxygens (including phenoxy) is 1. The second-order valence-electron chi connectivity index (χ2n) is 9.30. The van der Waals surface area contributed by atoms with Crippen LogP contribution in [0.1, 0.15) is 32.6 Å². The van der Waals surface area contributed by atoms with E-state index in [1.54, 1.807) is 72.8 Å². The first-order chi connectivity index (χ1) is 18.6. The number of carbonyl (C=O) groups is 1. The van der Waals surface area contributed by atoms with Crippen LogP contribution in [0.5, 0.6) is 5.75 Å². The lowest BCUT2D eigenvalue weighted by molar-refractivity contribution is 0.0947. The van der Waals surface area contributed by atoms with Gasteiger partial charge in [0.05, 0.1) is 23.7 Å². The number of nitrogens with one attached hydrogen (secondary N) is 1. The van der Waals surface area contributed by atoms with E-state index in [1.807, 2.05) is 39.0 Å². The summed E-state index contributed by atoms with van der Waals surface area (Å²) >= 11 is 6.24. The highest BCUT2D eigenvalue weighted by atomic mass is 35.5. The Morgan fingerprint density at radius 3 is 2.23 bits per heavy atom. The van der Waals surface area contributed by atoms with Crippen molar-refractivity contribution in [3.63, 3.8) is 0 Å². The Kier molecular flexibility index (Phi) is 8.94. The van der Waals surface area contributed by atoms with Crippen LogP contribution in [0.4, 0.5) is 5.69 Å². The predicted octanol–water partition coefficient (Wildman–Crippen LogP) is 6.47. The number of hydrogen-bond donors (Lipinski definition) is 1. The van der Waals surface area contributed by atoms with Crippen molar-refractivity contribution in [1.82, 2.24) is 5.32 Å². The van der Waals surface area contributed by atoms with E-state index < -0.39 is 10.0 Å². The largest absolute Gasteiger partial charge is 0.492 e. The van der Waals surface area contributed by atoms with Crippen LogP contribution >= 0.6 is 11.6 Å². The molecule has 0 aliphatic rings. The Morgan fingerprint density at radius 1 is 0.846 bits per heavy atom. The zero-order valence-corrected chi connectivity index (χ0v) is 23.7. The number of benzene rings is 4. The first-order valence-electron chi connectivity index (χ1n) is 12.6. The maximum atomic E-state index is 13.7. The van der Waals surface area contributed by atoms with Gasteiger partial charge in [-0.1, -0.05) is 54.1 Å². The number of aryl methyl sites for hydroxylation is 3. The van der Waals surface area contributed by atoms with Crippen LogP contribution < -0.4 is 14.4 Å². The zero-order valence-electron chi connectivity index (χ0n) is 22.1. The lowest BCUT2D eigenvalue weighted by atomic mass is 10.1. The minimum Gasteiger partial charge on any atom is -0.492 e. The maximum absolute atomic E-state index is 13.7. The molecule has 0 unspecified atom stereocenters. The van der Waals surface area contributed by atoms with Gasteiger partial charge in [-0.05, 0) is 91.6 Å². The quantitative estimate of drug-likeness (QED) is 0.225. The Morgan fingerprint density at radius 2 is 1.54 bits per heavy atom. The van der Waals surface area contributed by atoms with Crippen molar-refractivity contribution in [1.29, 1.82) is 0 Å². The van der Waals surface area contributed by atoms with Gasteiger partial charge in [0.1, 0.15) is 12.4 Å². The third-order valence-corrected chi connectivity index (χ3v) is 8.46. The minimum absolute atomic E-state index is 0.0735. The molecule has 0 spiro atoms. The third kappa shape index (κ3) is 6.99. The van der Waals surface area contributed by atoms with Crippen molar-refractivity contribution in [2.24, 2.45) is 0 Å². The van der Waals surface area contributed by atoms with E-state index in [9.17, 15) is 13.2 Å². The maximum Gasteiger partial charge on any atom is 0.264 e. The van der Waals surface area contributed by atoms with Gasteiger partial charge >= 0.3 is 0 Å². The topological polar surface area (TPSA) is 75.7 Å². The molecule has 1 amide bonds. The van der Waals surface area contributed by atoms with Crippen molar-refractivity contribution in [3.05, 3.63) is 124 Å². The molecule has 0 fully saturated rings. The average molecular weight is 563 g/mol. The standard InChI is InChI=1S/C31H31ClN2O4S/c1-22-10-16-28(19-24(22)3)38-18-17-33-31(35)26-13-11-25(12-14-26)21-34(30-20-27(32)15-9-23(30)2)39(36,37)29-7-5-4-6-8-29/h4-16,19-20H,17-18,21H2,1-3H3,(H,33,35). The highest BCUT2D eigenvalue weighted by Gasteiger charge is 2.26. The number of nitrogens with zero attached hydrogens (tertiary/aromatic N) is 1. The fourth-order valence-corrected chi connectivity index (χ4v) is 5.73. The molecule has 39 heavy (non-hydrogen) atoms. The Labute approximate surface area is 235 Å². The Bertz CT molecular complexity index is 1560. The summed E-state index contributed by atoms with van der Waals surface area (Å²) in [4.78, 5) is 12.8. The fourth-order valence-electron chi connectivity index (χ4n) is 4.04. The van der Waals surface area contributed by atoms with E-state index in [2.05, 4.69) is 5.32 Å². The molecule has 8 heteroatoms. The van der Waals surface area contributed by atoms with Crippen molar-refractivity contribution >= 4 is 33.2 Å². The van der Waals surface area contributed by atoms with E-state index in [4.69, 9.17) is 16.3 Å². The monoisotopic (exact) mass is 562 g/mol. The molecule has 4 aromatic rings. The highest BCUT2D eigenvalue weighted by molar-refractivity contribution is 7.92. The van der Waals surface area contributed by atoms with Crippen molar-refractivity contribution in [2.45, 2.75) is 32.2 Å². The summed E-state index contributed by atoms with van der Waals surface area (Å²) in [5.41, 5.74) is 4.82. The molecule has 202 valence electrons. The molecule has 4 aromatic carbocycles. The van der Waals surface area contributed by atoms with Crippen molar-refractivity contribution in [2.75, 3.05) is 17.5 Å². The molecule has 1 N–H and O–H groups in total. The van der Waals surface area contributed by atoms with Crippen LogP contribution in [0.3, 0.4) is 0 Å². The van der Waals surface area contributed by atoms with Crippen LogP contribution in [0.2, 0.25) is 5.02 Å². The Balaban J connectivity index is 1.45. The molecular weight excluding hydrogens is 532 g/mol. The normalized spacial score (nSPS) is 11.2. The van der Waals surface area contributed by atoms with Gasteiger partial charge < -0.3 is 10.1 Å². The number of sulfonamides is 1. The minimum atomic E-state index is -3.88. The number of rotatable bonds is 10. The summed E-state index contributed by atoms with van der Waals surface area (Å²) in [7, 11) is -3.88. The lowest BCUT2D eigenvalue weighted by Gasteiger charge is -2.26. The van der Waals surface area contributed by atoms with Gasteiger partial charge in [-0.2, -0.15) is 0 Å². The van der Waals surface area contributed by atoms with Crippen LogP contribution in [-0.4, -0.2) is 27.5 Å². The zero-order chi connectivity index (χ0) is 28.0. The van der Waals surface area contributed by atoms with Crippen molar-refractivity contribution < 1.29 is 17.9 Å². The summed E-state index contributed by atoms with van der Waals surface area (Å²) in [6.45, 7) is 6.69. The molecule has 0 aliphatic heterocycles. The van der Waals surface area contributed by atoms with E-state index in [-0.39, 0.29) is 17.3 Å². The van der Waals surface area contributed by atoms with E-state index in [1.165, 1.54) is 9.87 Å². The fraction of sp³-hybridized carbons (Fsp3) is 0.194. The molecule has 0 atom stereocenters. The van der Waals surface area contributed by atoms with Crippen LogP contribution in [-0.2, 0) is 16.6 Å². The van der Waals surface area contributed by atoms with Gasteiger partial charge in [0.25, 0.3) is 15.9 Å². The van der Waals surface area contributed by atoms with E-state index >= 15 is 0 Å². The number of anilines is 1. The first kappa shape index (κ1) is 28.2. The molecule has 4 rings (SSSR count). The number of amides is 1. The molecule has 6 nitrogen and oxygen atoms in total. The number of halogens is 1. The third-order valence-electron chi connectivity index (χ3n) is 6.45. The van der Waals surface area contributed by atoms with Crippen LogP contribution in [0, 0.1) is 20.8 Å². The number of hydrogen-bond acceptors (Lipinski definition) is 4. The summed E-state index contributed by atoms with van der Waals surface area (Å²) in [6.07, 6.45) is 0. The summed E-state index contributed by atoms with van der Waals surface area (Å²) in [5.74, 6) is 0.534. The smallest absolute Gasteiger partial charge is 0.264 e. The van der Waals surface area contributed by atoms with Crippen molar-refractivity contribution in [3.8, 4) is 5.75 Å². The van der Waals surface area contributed by atoms with E-state index in [0.717, 1.165) is 22.4 Å². The lowest BCUT2D eigenvalue weighted by Crippen LogP contribution is -2.31. The molecule has 0 radical (unpaired) electrons. The van der Waals surface area contributed by atoms with Gasteiger partial charge in [0, 0.05) is 10.6 Å². The molecule has 0 aliphatic carbocycles. The summed E-state index contributed by atoms with van der Waals surface area (Å²) in [5, 5.41) is 3.30. The highest BCUT2D eigenvalue weighted by Crippen LogP contribution is 2.31. The van der Waals surface area contributed by atoms with Crippen LogP contribution in [0.25, 0.3) is 0 Å².